The van der Waals surface area contributed by atoms with Crippen molar-refractivity contribution < 1.29 is 28.7 Å². The number of carbonyl (C=O) groups excluding carboxylic acids is 4. The molecule has 14 nitrogen and oxygen atoms in total. The summed E-state index contributed by atoms with van der Waals surface area (Å²) in [4.78, 5) is 69.6. The third-order valence-corrected chi connectivity index (χ3v) is 12.4. The van der Waals surface area contributed by atoms with Gasteiger partial charge in [-0.1, -0.05) is 76.2 Å². The van der Waals surface area contributed by atoms with Gasteiger partial charge in [-0.05, 0) is 78.8 Å². The van der Waals surface area contributed by atoms with Crippen LogP contribution in [-0.2, 0) is 19.1 Å². The van der Waals surface area contributed by atoms with Crippen LogP contribution in [0.1, 0.15) is 77.7 Å². The molecule has 0 spiro atoms. The molecule has 2 aliphatic heterocycles. The zero-order chi connectivity index (χ0) is 43.1. The third-order valence-electron chi connectivity index (χ3n) is 11.2. The van der Waals surface area contributed by atoms with Crippen molar-refractivity contribution in [2.75, 3.05) is 27.3 Å². The number of amides is 4. The molecule has 0 saturated carbocycles. The van der Waals surface area contributed by atoms with Crippen LogP contribution in [0.15, 0.2) is 78.1 Å². The molecule has 4 atom stereocenters. The van der Waals surface area contributed by atoms with Crippen LogP contribution >= 0.6 is 11.3 Å². The van der Waals surface area contributed by atoms with E-state index in [1.807, 2.05) is 57.8 Å². The normalized spacial score (nSPS) is 18.1. The van der Waals surface area contributed by atoms with Crippen LogP contribution in [0.3, 0.4) is 0 Å². The van der Waals surface area contributed by atoms with Gasteiger partial charge in [-0.25, -0.2) is 14.6 Å². The number of alkyl carbamates (subject to hydrolysis) is 2. The van der Waals surface area contributed by atoms with Crippen LogP contribution in [0.4, 0.5) is 9.59 Å². The highest BCUT2D eigenvalue weighted by Gasteiger charge is 2.38. The number of H-pyrrole nitrogens is 1. The van der Waals surface area contributed by atoms with E-state index in [1.165, 1.54) is 14.2 Å². The van der Waals surface area contributed by atoms with Crippen LogP contribution in [0, 0.1) is 11.8 Å². The van der Waals surface area contributed by atoms with Crippen molar-refractivity contribution >= 4 is 46.7 Å². The lowest BCUT2D eigenvalue weighted by Crippen LogP contribution is -2.53. The smallest absolute Gasteiger partial charge is 0.407 e. The second kappa shape index (κ2) is 19.4. The summed E-state index contributed by atoms with van der Waals surface area (Å²) in [6.07, 6.45) is 5.47. The summed E-state index contributed by atoms with van der Waals surface area (Å²) in [5, 5.41) is 5.38. The number of aliphatic imine (C=N–C) groups is 1. The highest BCUT2D eigenvalue weighted by atomic mass is 32.1. The Morgan fingerprint density at radius 3 is 1.88 bits per heavy atom. The van der Waals surface area contributed by atoms with E-state index in [-0.39, 0.29) is 35.7 Å². The van der Waals surface area contributed by atoms with Crippen molar-refractivity contribution in [3.8, 4) is 32.1 Å². The molecule has 5 N–H and O–H groups in total. The van der Waals surface area contributed by atoms with E-state index in [0.717, 1.165) is 74.9 Å². The Kier molecular flexibility index (Phi) is 14.1. The average molecular weight is 837 g/mol. The SMILES string of the molecule is COC(=O)NC(C(=O)N1CCC[C@H]1c1ncc(-c2ccc(-c3ccc(-c4ccc(/C(N)=C/N=C(C)[C@@H]5CCCN5C(=O)[C@@H](NC(=O)OC)C(C)C)cc4)s3)cc2)[nH]1)C(C)C. The molecule has 2 saturated heterocycles. The molecule has 2 aromatic carbocycles. The number of nitrogens with zero attached hydrogens (tertiary/aromatic N) is 4. The van der Waals surface area contributed by atoms with Crippen molar-refractivity contribution in [2.45, 2.75) is 84.5 Å². The van der Waals surface area contributed by atoms with Gasteiger partial charge < -0.3 is 40.6 Å². The third kappa shape index (κ3) is 9.90. The summed E-state index contributed by atoms with van der Waals surface area (Å²) in [5.74, 6) is 0.233. The number of aromatic nitrogens is 2. The number of hydrogen-bond acceptors (Lipinski definition) is 10. The van der Waals surface area contributed by atoms with Gasteiger partial charge in [0.15, 0.2) is 0 Å². The molecule has 1 unspecified atom stereocenters. The van der Waals surface area contributed by atoms with E-state index in [4.69, 9.17) is 15.2 Å². The first-order valence-electron chi connectivity index (χ1n) is 20.5. The number of imidazole rings is 1. The molecule has 2 aromatic heterocycles. The van der Waals surface area contributed by atoms with E-state index in [2.05, 4.69) is 74.1 Å². The molecule has 0 aliphatic carbocycles. The fraction of sp³-hybridized carbons (Fsp3) is 0.422. The number of carbonyl (C=O) groups is 4. The molecule has 0 radical (unpaired) electrons. The topological polar surface area (TPSA) is 184 Å². The number of aromatic amines is 1. The minimum absolute atomic E-state index is 0.105. The number of nitrogens with two attached hydrogens (primary N) is 1. The first kappa shape index (κ1) is 43.6. The molecule has 0 bridgehead atoms. The summed E-state index contributed by atoms with van der Waals surface area (Å²) in [5.41, 5.74) is 12.6. The minimum Gasteiger partial charge on any atom is -0.453 e. The summed E-state index contributed by atoms with van der Waals surface area (Å²) in [6, 6.07) is 18.9. The Labute approximate surface area is 355 Å². The van der Waals surface area contributed by atoms with Crippen molar-refractivity contribution in [1.82, 2.24) is 30.4 Å². The zero-order valence-electron chi connectivity index (χ0n) is 35.4. The molecule has 6 rings (SSSR count). The molecular weight excluding hydrogens is 781 g/mol. The number of benzene rings is 2. The summed E-state index contributed by atoms with van der Waals surface area (Å²) in [7, 11) is 2.58. The molecule has 4 heterocycles. The van der Waals surface area contributed by atoms with Crippen LogP contribution < -0.4 is 16.4 Å². The number of nitrogens with one attached hydrogen (secondary N) is 3. The van der Waals surface area contributed by atoms with Crippen LogP contribution in [0.25, 0.3) is 37.8 Å². The molecule has 2 aliphatic rings. The Hall–Kier alpha value is -5.96. The molecule has 60 heavy (non-hydrogen) atoms. The lowest BCUT2D eigenvalue weighted by Gasteiger charge is -2.30. The van der Waals surface area contributed by atoms with Gasteiger partial charge in [0.25, 0.3) is 0 Å². The summed E-state index contributed by atoms with van der Waals surface area (Å²) < 4.78 is 9.50. The highest BCUT2D eigenvalue weighted by Crippen LogP contribution is 2.37. The zero-order valence-corrected chi connectivity index (χ0v) is 36.2. The Morgan fingerprint density at radius 1 is 0.800 bits per heavy atom. The average Bonchev–Trinajstić information content (AvgIpc) is 4.10. The molecule has 2 fully saturated rings. The largest absolute Gasteiger partial charge is 0.453 e. The highest BCUT2D eigenvalue weighted by molar-refractivity contribution is 7.18. The fourth-order valence-corrected chi connectivity index (χ4v) is 8.83. The van der Waals surface area contributed by atoms with Gasteiger partial charge in [-0.2, -0.15) is 0 Å². The quantitative estimate of drug-likeness (QED) is 0.0992. The second-order valence-corrected chi connectivity index (χ2v) is 17.0. The first-order valence-corrected chi connectivity index (χ1v) is 21.3. The van der Waals surface area contributed by atoms with Gasteiger partial charge in [-0.3, -0.25) is 14.6 Å². The van der Waals surface area contributed by atoms with E-state index in [9.17, 15) is 19.2 Å². The van der Waals surface area contributed by atoms with Crippen molar-refractivity contribution in [1.29, 1.82) is 0 Å². The molecule has 318 valence electrons. The Morgan fingerprint density at radius 2 is 1.32 bits per heavy atom. The van der Waals surface area contributed by atoms with E-state index >= 15 is 0 Å². The summed E-state index contributed by atoms with van der Waals surface area (Å²) >= 11 is 1.71. The number of rotatable bonds is 13. The van der Waals surface area contributed by atoms with Gasteiger partial charge in [0, 0.05) is 28.6 Å². The lowest BCUT2D eigenvalue weighted by molar-refractivity contribution is -0.135. The van der Waals surface area contributed by atoms with Gasteiger partial charge >= 0.3 is 12.2 Å². The number of thiophene rings is 1. The molecule has 4 aromatic rings. The second-order valence-electron chi connectivity index (χ2n) is 16.0. The van der Waals surface area contributed by atoms with Crippen LogP contribution in [-0.4, -0.2) is 94.9 Å². The van der Waals surface area contributed by atoms with Crippen molar-refractivity contribution in [2.24, 2.45) is 22.6 Å². The van der Waals surface area contributed by atoms with Crippen molar-refractivity contribution in [3.63, 3.8) is 0 Å². The number of hydrogen-bond donors (Lipinski definition) is 4. The number of methoxy groups -OCH3 is 2. The number of likely N-dealkylation sites (tertiary alicyclic amines) is 2. The summed E-state index contributed by atoms with van der Waals surface area (Å²) in [6.45, 7) is 10.7. The minimum atomic E-state index is -0.688. The van der Waals surface area contributed by atoms with E-state index in [0.29, 0.717) is 18.8 Å². The predicted molar refractivity (Wildman–Crippen MR) is 235 cm³/mol. The maximum atomic E-state index is 13.6. The van der Waals surface area contributed by atoms with E-state index in [1.54, 1.807) is 22.4 Å². The van der Waals surface area contributed by atoms with Gasteiger partial charge in [-0.15, -0.1) is 11.3 Å². The van der Waals surface area contributed by atoms with Crippen LogP contribution in [0.2, 0.25) is 0 Å². The molecular formula is C45H56N8O6S. The maximum Gasteiger partial charge on any atom is 0.407 e. The van der Waals surface area contributed by atoms with Gasteiger partial charge in [0.1, 0.15) is 17.9 Å². The monoisotopic (exact) mass is 836 g/mol. The Balaban J connectivity index is 1.08. The number of ether oxygens (including phenoxy) is 2. The maximum absolute atomic E-state index is 13.6. The molecule has 15 heteroatoms. The van der Waals surface area contributed by atoms with Gasteiger partial charge in [0.2, 0.25) is 11.8 Å². The van der Waals surface area contributed by atoms with E-state index < -0.39 is 24.3 Å². The Bertz CT molecular complexity index is 2210. The first-order chi connectivity index (χ1) is 28.8. The van der Waals surface area contributed by atoms with Crippen LogP contribution in [0.5, 0.6) is 0 Å². The lowest BCUT2D eigenvalue weighted by atomic mass is 10.0. The fourth-order valence-electron chi connectivity index (χ4n) is 7.81. The standard InChI is InChI=1S/C45H56N8O6S/c1-26(2)39(50-44(56)58-6)42(54)52-22-8-10-35(52)28(5)47-24-33(46)29-12-16-31(17-13-29)37-20-21-38(60-37)32-18-14-30(15-19-32)34-25-48-41(49-34)36-11-9-23-53(36)43(55)40(27(3)4)51-45(57)59-7/h12-21,24-27,35-36,39-40H,8-11,22-23,46H2,1-7H3,(H,48,49)(H,50,56)(H,51,57)/b33-24-,47-28?/t35-,36-,39-,40?/m0/s1. The van der Waals surface area contributed by atoms with Gasteiger partial charge in [0.05, 0.1) is 50.1 Å². The predicted octanol–water partition coefficient (Wildman–Crippen LogP) is 7.61. The van der Waals surface area contributed by atoms with Crippen molar-refractivity contribution in [3.05, 3.63) is 84.4 Å². The molecule has 4 amide bonds.